The second kappa shape index (κ2) is 6.19. The SMILES string of the molecule is CC1c2cccn2CCN1S(=O)(=O)c1ccc(CCC#N)cc1. The molecule has 1 aliphatic rings. The summed E-state index contributed by atoms with van der Waals surface area (Å²) in [5, 5.41) is 8.62. The summed E-state index contributed by atoms with van der Waals surface area (Å²) in [4.78, 5) is 0.310. The zero-order chi connectivity index (χ0) is 16.4. The van der Waals surface area contributed by atoms with E-state index >= 15 is 0 Å². The number of nitrogens with zero attached hydrogens (tertiary/aromatic N) is 3. The highest BCUT2D eigenvalue weighted by Crippen LogP contribution is 2.31. The minimum atomic E-state index is -3.51. The van der Waals surface area contributed by atoms with E-state index in [9.17, 15) is 8.42 Å². The van der Waals surface area contributed by atoms with Crippen LogP contribution in [0.5, 0.6) is 0 Å². The van der Waals surface area contributed by atoms with E-state index < -0.39 is 10.0 Å². The van der Waals surface area contributed by atoms with Gasteiger partial charge in [0.25, 0.3) is 0 Å². The van der Waals surface area contributed by atoms with Crippen molar-refractivity contribution in [2.24, 2.45) is 0 Å². The Bertz CT molecular complexity index is 831. The van der Waals surface area contributed by atoms with Crippen LogP contribution in [-0.4, -0.2) is 23.8 Å². The lowest BCUT2D eigenvalue weighted by molar-refractivity contribution is 0.282. The summed E-state index contributed by atoms with van der Waals surface area (Å²) in [5.41, 5.74) is 2.00. The Morgan fingerprint density at radius 3 is 2.65 bits per heavy atom. The van der Waals surface area contributed by atoms with Crippen LogP contribution in [0.25, 0.3) is 0 Å². The number of benzene rings is 1. The van der Waals surface area contributed by atoms with E-state index in [1.54, 1.807) is 28.6 Å². The van der Waals surface area contributed by atoms with Crippen LogP contribution in [-0.2, 0) is 23.0 Å². The molecular formula is C17H19N3O2S. The third-order valence-electron chi connectivity index (χ3n) is 4.34. The summed E-state index contributed by atoms with van der Waals surface area (Å²) in [7, 11) is -3.51. The van der Waals surface area contributed by atoms with Gasteiger partial charge in [-0.25, -0.2) is 8.42 Å². The number of rotatable bonds is 4. The third-order valence-corrected chi connectivity index (χ3v) is 6.33. The number of sulfonamides is 1. The van der Waals surface area contributed by atoms with Gasteiger partial charge in [-0.15, -0.1) is 0 Å². The van der Waals surface area contributed by atoms with Crippen molar-refractivity contribution in [2.45, 2.75) is 37.2 Å². The molecule has 0 aliphatic carbocycles. The number of hydrogen-bond acceptors (Lipinski definition) is 3. The molecule has 3 rings (SSSR count). The molecule has 0 amide bonds. The molecule has 6 heteroatoms. The first-order valence-electron chi connectivity index (χ1n) is 7.67. The van der Waals surface area contributed by atoms with Crippen molar-refractivity contribution in [3.05, 3.63) is 53.9 Å². The van der Waals surface area contributed by atoms with Crippen molar-refractivity contribution < 1.29 is 8.42 Å². The highest BCUT2D eigenvalue weighted by atomic mass is 32.2. The molecule has 1 aliphatic heterocycles. The average Bonchev–Trinajstić information content (AvgIpc) is 3.03. The maximum atomic E-state index is 12.9. The van der Waals surface area contributed by atoms with E-state index in [1.807, 2.05) is 25.3 Å². The fourth-order valence-electron chi connectivity index (χ4n) is 3.05. The van der Waals surface area contributed by atoms with Gasteiger partial charge in [0, 0.05) is 31.4 Å². The quantitative estimate of drug-likeness (QED) is 0.866. The first kappa shape index (κ1) is 15.8. The summed E-state index contributed by atoms with van der Waals surface area (Å²) in [6.45, 7) is 3.07. The normalized spacial score (nSPS) is 18.3. The molecule has 1 unspecified atom stereocenters. The van der Waals surface area contributed by atoms with E-state index in [0.717, 1.165) is 11.3 Å². The fourth-order valence-corrected chi connectivity index (χ4v) is 4.65. The lowest BCUT2D eigenvalue weighted by Gasteiger charge is -2.33. The molecule has 0 N–H and O–H groups in total. The van der Waals surface area contributed by atoms with Gasteiger partial charge in [-0.05, 0) is 43.2 Å². The first-order chi connectivity index (χ1) is 11.0. The number of fused-ring (bicyclic) bond motifs is 1. The molecule has 0 radical (unpaired) electrons. The molecule has 0 fully saturated rings. The van der Waals surface area contributed by atoms with Crippen LogP contribution in [0.4, 0.5) is 0 Å². The Morgan fingerprint density at radius 1 is 1.22 bits per heavy atom. The monoisotopic (exact) mass is 329 g/mol. The van der Waals surface area contributed by atoms with Gasteiger partial charge in [-0.3, -0.25) is 0 Å². The number of aromatic nitrogens is 1. The molecule has 2 heterocycles. The van der Waals surface area contributed by atoms with Crippen LogP contribution >= 0.6 is 0 Å². The van der Waals surface area contributed by atoms with Gasteiger partial charge in [0.05, 0.1) is 17.0 Å². The highest BCUT2D eigenvalue weighted by Gasteiger charge is 2.33. The molecule has 23 heavy (non-hydrogen) atoms. The van der Waals surface area contributed by atoms with Gasteiger partial charge < -0.3 is 4.57 Å². The minimum absolute atomic E-state index is 0.179. The fraction of sp³-hybridized carbons (Fsp3) is 0.353. The summed E-state index contributed by atoms with van der Waals surface area (Å²) in [6.07, 6.45) is 3.07. The zero-order valence-corrected chi connectivity index (χ0v) is 13.8. The number of nitriles is 1. The van der Waals surface area contributed by atoms with Crippen molar-refractivity contribution in [3.8, 4) is 6.07 Å². The van der Waals surface area contributed by atoms with Crippen LogP contribution in [0.2, 0.25) is 0 Å². The lowest BCUT2D eigenvalue weighted by Crippen LogP contribution is -2.40. The summed E-state index contributed by atoms with van der Waals surface area (Å²) < 4.78 is 29.5. The maximum absolute atomic E-state index is 12.9. The molecule has 0 saturated carbocycles. The van der Waals surface area contributed by atoms with E-state index in [0.29, 0.717) is 30.8 Å². The van der Waals surface area contributed by atoms with E-state index in [2.05, 4.69) is 10.6 Å². The lowest BCUT2D eigenvalue weighted by atomic mass is 10.1. The van der Waals surface area contributed by atoms with Gasteiger partial charge in [-0.1, -0.05) is 12.1 Å². The molecular weight excluding hydrogens is 310 g/mol. The molecule has 0 saturated heterocycles. The molecule has 0 bridgehead atoms. The van der Waals surface area contributed by atoms with Crippen molar-refractivity contribution >= 4 is 10.0 Å². The molecule has 1 aromatic heterocycles. The summed E-state index contributed by atoms with van der Waals surface area (Å²) in [5.74, 6) is 0. The number of aryl methyl sites for hydroxylation is 1. The predicted molar refractivity (Wildman–Crippen MR) is 87.1 cm³/mol. The molecule has 1 atom stereocenters. The maximum Gasteiger partial charge on any atom is 0.243 e. The second-order valence-electron chi connectivity index (χ2n) is 5.72. The minimum Gasteiger partial charge on any atom is -0.349 e. The summed E-state index contributed by atoms with van der Waals surface area (Å²) >= 11 is 0. The van der Waals surface area contributed by atoms with Gasteiger partial charge in [0.1, 0.15) is 0 Å². The van der Waals surface area contributed by atoms with Crippen LogP contribution in [0.3, 0.4) is 0 Å². The summed E-state index contributed by atoms with van der Waals surface area (Å²) in [6, 6.07) is 12.7. The van der Waals surface area contributed by atoms with Crippen LogP contribution in [0.1, 0.15) is 30.6 Å². The Kier molecular flexibility index (Phi) is 4.24. The van der Waals surface area contributed by atoms with Crippen molar-refractivity contribution in [3.63, 3.8) is 0 Å². The van der Waals surface area contributed by atoms with Gasteiger partial charge in [0.2, 0.25) is 10.0 Å². The largest absolute Gasteiger partial charge is 0.349 e. The van der Waals surface area contributed by atoms with Crippen molar-refractivity contribution in [1.29, 1.82) is 5.26 Å². The van der Waals surface area contributed by atoms with Crippen molar-refractivity contribution in [2.75, 3.05) is 6.54 Å². The molecule has 0 spiro atoms. The van der Waals surface area contributed by atoms with Crippen LogP contribution in [0, 0.1) is 11.3 Å². The van der Waals surface area contributed by atoms with Crippen LogP contribution in [0.15, 0.2) is 47.5 Å². The molecule has 5 nitrogen and oxygen atoms in total. The smallest absolute Gasteiger partial charge is 0.243 e. The Hall–Kier alpha value is -2.10. The molecule has 120 valence electrons. The first-order valence-corrected chi connectivity index (χ1v) is 9.11. The van der Waals surface area contributed by atoms with E-state index in [1.165, 1.54) is 0 Å². The standard InChI is InChI=1S/C17H19N3O2S/c1-14-17-5-3-11-19(17)12-13-20(14)23(21,22)16-8-6-15(7-9-16)4-2-10-18/h3,5-9,11,14H,2,4,12-13H2,1H3. The van der Waals surface area contributed by atoms with Crippen LogP contribution < -0.4 is 0 Å². The van der Waals surface area contributed by atoms with Gasteiger partial charge in [-0.2, -0.15) is 9.57 Å². The predicted octanol–water partition coefficient (Wildman–Crippen LogP) is 2.71. The average molecular weight is 329 g/mol. The van der Waals surface area contributed by atoms with Gasteiger partial charge in [0.15, 0.2) is 0 Å². The third kappa shape index (κ3) is 2.90. The Morgan fingerprint density at radius 2 is 1.96 bits per heavy atom. The van der Waals surface area contributed by atoms with Crippen molar-refractivity contribution in [1.82, 2.24) is 8.87 Å². The second-order valence-corrected chi connectivity index (χ2v) is 7.61. The highest BCUT2D eigenvalue weighted by molar-refractivity contribution is 7.89. The Balaban J connectivity index is 1.86. The molecule has 1 aromatic carbocycles. The number of hydrogen-bond donors (Lipinski definition) is 0. The van der Waals surface area contributed by atoms with E-state index in [-0.39, 0.29) is 6.04 Å². The Labute approximate surface area is 136 Å². The van der Waals surface area contributed by atoms with E-state index in [4.69, 9.17) is 5.26 Å². The van der Waals surface area contributed by atoms with Gasteiger partial charge >= 0.3 is 0 Å². The topological polar surface area (TPSA) is 66.1 Å². The zero-order valence-electron chi connectivity index (χ0n) is 13.0. The molecule has 2 aromatic rings.